The smallest absolute Gasteiger partial charge is 0.212 e. The van der Waals surface area contributed by atoms with E-state index in [1.807, 2.05) is 6.08 Å². The highest BCUT2D eigenvalue weighted by molar-refractivity contribution is 5.03. The first-order chi connectivity index (χ1) is 10.9. The largest absolute Gasteiger partial charge is 0.412 e. The quantitative estimate of drug-likeness (QED) is 0.376. The minimum Gasteiger partial charge on any atom is -0.212 e. The van der Waals surface area contributed by atoms with E-state index in [2.05, 4.69) is 6.58 Å². The molecule has 2 aliphatic carbocycles. The van der Waals surface area contributed by atoms with E-state index in [1.165, 1.54) is 32.1 Å². The summed E-state index contributed by atoms with van der Waals surface area (Å²) in [6, 6.07) is 0. The number of rotatable bonds is 5. The number of halogens is 4. The zero-order valence-corrected chi connectivity index (χ0v) is 13.8. The molecule has 0 heterocycles. The van der Waals surface area contributed by atoms with Crippen LogP contribution in [0.4, 0.5) is 17.6 Å². The first kappa shape index (κ1) is 18.5. The molecule has 0 nitrogen and oxygen atoms in total. The van der Waals surface area contributed by atoms with Gasteiger partial charge < -0.3 is 0 Å². The van der Waals surface area contributed by atoms with Gasteiger partial charge in [-0.25, -0.2) is 4.39 Å². The van der Waals surface area contributed by atoms with Gasteiger partial charge in [0.25, 0.3) is 0 Å². The topological polar surface area (TPSA) is 0 Å². The van der Waals surface area contributed by atoms with Gasteiger partial charge in [0.05, 0.1) is 6.08 Å². The molecule has 0 aromatic rings. The minimum atomic E-state index is -4.54. The fourth-order valence-corrected chi connectivity index (χ4v) is 4.44. The first-order valence-corrected chi connectivity index (χ1v) is 8.95. The highest BCUT2D eigenvalue weighted by atomic mass is 19.4. The standard InChI is InChI=1S/C19H28F4/c1-2-3-4-14-5-7-15(8-6-14)16-9-11-17(12-10-16)18(20)13-19(21,22)23/h2,13-17H,1,3-12H2. The third-order valence-electron chi connectivity index (χ3n) is 5.80. The van der Waals surface area contributed by atoms with Gasteiger partial charge in [-0.3, -0.25) is 0 Å². The maximum atomic E-state index is 13.7. The Kier molecular flexibility index (Phi) is 6.72. The van der Waals surface area contributed by atoms with E-state index in [0.717, 1.165) is 25.2 Å². The van der Waals surface area contributed by atoms with Crippen molar-refractivity contribution >= 4 is 0 Å². The number of hydrogen-bond donors (Lipinski definition) is 0. The molecule has 2 aliphatic rings. The molecule has 0 atom stereocenters. The van der Waals surface area contributed by atoms with Crippen molar-refractivity contribution in [2.45, 2.75) is 70.4 Å². The van der Waals surface area contributed by atoms with Crippen molar-refractivity contribution < 1.29 is 17.6 Å². The van der Waals surface area contributed by atoms with Crippen molar-refractivity contribution in [1.29, 1.82) is 0 Å². The van der Waals surface area contributed by atoms with Crippen molar-refractivity contribution in [2.24, 2.45) is 23.7 Å². The van der Waals surface area contributed by atoms with Crippen LogP contribution in [0.3, 0.4) is 0 Å². The summed E-state index contributed by atoms with van der Waals surface area (Å²) in [5.74, 6) is 0.615. The van der Waals surface area contributed by atoms with Crippen LogP contribution in [0.15, 0.2) is 24.6 Å². The first-order valence-electron chi connectivity index (χ1n) is 8.95. The Morgan fingerprint density at radius 2 is 1.43 bits per heavy atom. The lowest BCUT2D eigenvalue weighted by atomic mass is 9.68. The Morgan fingerprint density at radius 1 is 0.913 bits per heavy atom. The van der Waals surface area contributed by atoms with Crippen LogP contribution >= 0.6 is 0 Å². The van der Waals surface area contributed by atoms with Gasteiger partial charge in [-0.1, -0.05) is 18.9 Å². The number of allylic oxidation sites excluding steroid dienone is 3. The predicted octanol–water partition coefficient (Wildman–Crippen LogP) is 6.98. The third kappa shape index (κ3) is 5.96. The Morgan fingerprint density at radius 3 is 1.91 bits per heavy atom. The summed E-state index contributed by atoms with van der Waals surface area (Å²) in [4.78, 5) is 0. The number of hydrogen-bond acceptors (Lipinski definition) is 0. The molecule has 23 heavy (non-hydrogen) atoms. The second kappa shape index (κ2) is 8.34. The van der Waals surface area contributed by atoms with E-state index in [0.29, 0.717) is 24.7 Å². The lowest BCUT2D eigenvalue weighted by Gasteiger charge is -2.37. The summed E-state index contributed by atoms with van der Waals surface area (Å²) in [6.45, 7) is 3.77. The minimum absolute atomic E-state index is 0.150. The van der Waals surface area contributed by atoms with Gasteiger partial charge in [0, 0.05) is 5.92 Å². The van der Waals surface area contributed by atoms with Gasteiger partial charge in [0.1, 0.15) is 5.83 Å². The second-order valence-electron chi connectivity index (χ2n) is 7.33. The summed E-state index contributed by atoms with van der Waals surface area (Å²) < 4.78 is 50.3. The molecule has 0 bridgehead atoms. The van der Waals surface area contributed by atoms with E-state index in [1.54, 1.807) is 0 Å². The molecule has 2 fully saturated rings. The molecular weight excluding hydrogens is 304 g/mol. The maximum Gasteiger partial charge on any atom is 0.412 e. The van der Waals surface area contributed by atoms with Gasteiger partial charge in [-0.2, -0.15) is 13.2 Å². The van der Waals surface area contributed by atoms with Gasteiger partial charge in [-0.15, -0.1) is 6.58 Å². The van der Waals surface area contributed by atoms with E-state index >= 15 is 0 Å². The van der Waals surface area contributed by atoms with Crippen LogP contribution in [-0.2, 0) is 0 Å². The lowest BCUT2D eigenvalue weighted by molar-refractivity contribution is -0.0821. The van der Waals surface area contributed by atoms with Crippen molar-refractivity contribution in [2.75, 3.05) is 0 Å². The van der Waals surface area contributed by atoms with Crippen LogP contribution in [-0.4, -0.2) is 6.18 Å². The van der Waals surface area contributed by atoms with Crippen molar-refractivity contribution in [3.63, 3.8) is 0 Å². The normalized spacial score (nSPS) is 33.5. The summed E-state index contributed by atoms with van der Waals surface area (Å²) in [6.07, 6.45) is 7.51. The van der Waals surface area contributed by atoms with Crippen LogP contribution in [0.25, 0.3) is 0 Å². The van der Waals surface area contributed by atoms with Crippen LogP contribution in [0.5, 0.6) is 0 Å². The molecule has 0 aliphatic heterocycles. The molecule has 0 aromatic heterocycles. The molecule has 0 saturated heterocycles. The van der Waals surface area contributed by atoms with Gasteiger partial charge in [-0.05, 0) is 69.1 Å². The Bertz CT molecular complexity index is 394. The average Bonchev–Trinajstić information content (AvgIpc) is 2.52. The van der Waals surface area contributed by atoms with Crippen LogP contribution < -0.4 is 0 Å². The van der Waals surface area contributed by atoms with E-state index in [9.17, 15) is 17.6 Å². The molecule has 4 heteroatoms. The average molecular weight is 332 g/mol. The van der Waals surface area contributed by atoms with Crippen molar-refractivity contribution in [1.82, 2.24) is 0 Å². The maximum absolute atomic E-state index is 13.7. The number of alkyl halides is 3. The molecule has 0 spiro atoms. The third-order valence-corrected chi connectivity index (χ3v) is 5.80. The van der Waals surface area contributed by atoms with Gasteiger partial charge in [0.15, 0.2) is 0 Å². The molecule has 2 rings (SSSR count). The molecule has 0 unspecified atom stereocenters. The van der Waals surface area contributed by atoms with Crippen LogP contribution in [0.2, 0.25) is 0 Å². The molecule has 0 radical (unpaired) electrons. The van der Waals surface area contributed by atoms with Gasteiger partial charge >= 0.3 is 6.18 Å². The summed E-state index contributed by atoms with van der Waals surface area (Å²) >= 11 is 0. The van der Waals surface area contributed by atoms with Crippen LogP contribution in [0, 0.1) is 23.7 Å². The molecule has 0 aromatic carbocycles. The molecular formula is C19H28F4. The fraction of sp³-hybridized carbons (Fsp3) is 0.789. The highest BCUT2D eigenvalue weighted by Gasteiger charge is 2.33. The predicted molar refractivity (Wildman–Crippen MR) is 85.6 cm³/mol. The summed E-state index contributed by atoms with van der Waals surface area (Å²) in [5, 5.41) is 0. The van der Waals surface area contributed by atoms with E-state index < -0.39 is 17.9 Å². The Labute approximate surface area is 137 Å². The second-order valence-corrected chi connectivity index (χ2v) is 7.33. The summed E-state index contributed by atoms with van der Waals surface area (Å²) in [5.41, 5.74) is 0. The van der Waals surface area contributed by atoms with Crippen molar-refractivity contribution in [3.8, 4) is 0 Å². The SMILES string of the molecule is C=CCCC1CCC(C2CCC(C(F)=CC(F)(F)F)CC2)CC1. The lowest BCUT2D eigenvalue weighted by Crippen LogP contribution is -2.26. The van der Waals surface area contributed by atoms with Crippen molar-refractivity contribution in [3.05, 3.63) is 24.6 Å². The Balaban J connectivity index is 1.75. The summed E-state index contributed by atoms with van der Waals surface area (Å²) in [7, 11) is 0. The zero-order valence-electron chi connectivity index (χ0n) is 13.8. The van der Waals surface area contributed by atoms with E-state index in [-0.39, 0.29) is 6.08 Å². The Hall–Kier alpha value is -0.800. The molecule has 0 N–H and O–H groups in total. The van der Waals surface area contributed by atoms with E-state index in [4.69, 9.17) is 0 Å². The fourth-order valence-electron chi connectivity index (χ4n) is 4.44. The monoisotopic (exact) mass is 332 g/mol. The zero-order chi connectivity index (χ0) is 16.9. The molecule has 2 saturated carbocycles. The van der Waals surface area contributed by atoms with Gasteiger partial charge in [0.2, 0.25) is 0 Å². The molecule has 0 amide bonds. The van der Waals surface area contributed by atoms with Crippen LogP contribution in [0.1, 0.15) is 64.2 Å². The highest BCUT2D eigenvalue weighted by Crippen LogP contribution is 2.44. The molecule has 132 valence electrons.